The zero-order valence-electron chi connectivity index (χ0n) is 13.2. The highest BCUT2D eigenvalue weighted by molar-refractivity contribution is 9.10. The molecule has 0 saturated carbocycles. The van der Waals surface area contributed by atoms with Crippen LogP contribution in [0.25, 0.3) is 0 Å². The van der Waals surface area contributed by atoms with Crippen LogP contribution in [0.3, 0.4) is 0 Å². The van der Waals surface area contributed by atoms with Gasteiger partial charge < -0.3 is 16.0 Å². The summed E-state index contributed by atoms with van der Waals surface area (Å²) in [5.74, 6) is 0.600. The van der Waals surface area contributed by atoms with Gasteiger partial charge in [0.1, 0.15) is 0 Å². The Bertz CT molecular complexity index is 463. The van der Waals surface area contributed by atoms with Gasteiger partial charge in [-0.2, -0.15) is 0 Å². The van der Waals surface area contributed by atoms with Gasteiger partial charge in [0.05, 0.1) is 11.4 Å². The van der Waals surface area contributed by atoms with Crippen molar-refractivity contribution in [3.05, 3.63) is 22.7 Å². The molecule has 0 aromatic heterocycles. The third-order valence-electron chi connectivity index (χ3n) is 3.65. The van der Waals surface area contributed by atoms with Gasteiger partial charge in [0.25, 0.3) is 0 Å². The average Bonchev–Trinajstić information content (AvgIpc) is 2.43. The summed E-state index contributed by atoms with van der Waals surface area (Å²) in [6.45, 7) is 2.84. The van der Waals surface area contributed by atoms with E-state index in [1.54, 1.807) is 0 Å². The highest BCUT2D eigenvalue weighted by Gasteiger charge is 2.12. The maximum Gasteiger partial charge on any atom is 0.224 e. The minimum atomic E-state index is 0.0617. The van der Waals surface area contributed by atoms with Crippen molar-refractivity contribution in [3.8, 4) is 0 Å². The third-order valence-corrected chi connectivity index (χ3v) is 4.14. The maximum absolute atomic E-state index is 12.1. The van der Waals surface area contributed by atoms with E-state index in [0.717, 1.165) is 35.1 Å². The molecule has 0 saturated heterocycles. The van der Waals surface area contributed by atoms with Gasteiger partial charge in [-0.05, 0) is 43.5 Å². The number of nitrogens with zero attached hydrogens (tertiary/aromatic N) is 1. The Morgan fingerprint density at radius 1 is 1.38 bits per heavy atom. The summed E-state index contributed by atoms with van der Waals surface area (Å²) in [4.78, 5) is 14.1. The summed E-state index contributed by atoms with van der Waals surface area (Å²) in [5, 5.41) is 3.01. The number of hydrogen-bond acceptors (Lipinski definition) is 3. The second-order valence-electron chi connectivity index (χ2n) is 5.49. The quantitative estimate of drug-likeness (QED) is 0.748. The Morgan fingerprint density at radius 2 is 2.10 bits per heavy atom. The van der Waals surface area contributed by atoms with E-state index in [1.807, 2.05) is 37.2 Å². The van der Waals surface area contributed by atoms with Crippen molar-refractivity contribution < 1.29 is 4.79 Å². The number of benzene rings is 1. The Balaban J connectivity index is 2.64. The lowest BCUT2D eigenvalue weighted by atomic mass is 9.96. The van der Waals surface area contributed by atoms with Crippen LogP contribution in [-0.2, 0) is 4.79 Å². The smallest absolute Gasteiger partial charge is 0.224 e. The normalized spacial score (nSPS) is 12.0. The number of carbonyl (C=O) groups excluding carboxylic acids is 1. The molecular weight excluding hydrogens is 330 g/mol. The molecule has 21 heavy (non-hydrogen) atoms. The zero-order valence-corrected chi connectivity index (χ0v) is 14.7. The number of carbonyl (C=O) groups is 1. The van der Waals surface area contributed by atoms with Gasteiger partial charge in [-0.3, -0.25) is 4.79 Å². The molecule has 0 aliphatic heterocycles. The first kappa shape index (κ1) is 18.0. The fourth-order valence-electron chi connectivity index (χ4n) is 2.33. The number of halogens is 1. The number of nitrogens with two attached hydrogens (primary N) is 1. The number of amides is 1. The summed E-state index contributed by atoms with van der Waals surface area (Å²) >= 11 is 3.45. The van der Waals surface area contributed by atoms with Crippen molar-refractivity contribution in [3.63, 3.8) is 0 Å². The van der Waals surface area contributed by atoms with Gasteiger partial charge in [0.2, 0.25) is 5.91 Å². The molecule has 1 aromatic carbocycles. The van der Waals surface area contributed by atoms with Crippen molar-refractivity contribution in [2.45, 2.75) is 32.6 Å². The number of hydrogen-bond donors (Lipinski definition) is 2. The maximum atomic E-state index is 12.1. The van der Waals surface area contributed by atoms with Gasteiger partial charge in [-0.15, -0.1) is 0 Å². The standard InChI is InChI=1S/C16H26BrN3O/c1-4-12(9-10-18)5-8-16(21)19-14-11-13(17)6-7-15(14)20(2)3/h6-7,11-12H,4-5,8-10,18H2,1-3H3,(H,19,21). The fraction of sp³-hybridized carbons (Fsp3) is 0.562. The second kappa shape index (κ2) is 9.05. The molecule has 1 unspecified atom stereocenters. The van der Waals surface area contributed by atoms with E-state index in [9.17, 15) is 4.79 Å². The lowest BCUT2D eigenvalue weighted by Crippen LogP contribution is -2.18. The predicted octanol–water partition coefficient (Wildman–Crippen LogP) is 3.61. The highest BCUT2D eigenvalue weighted by Crippen LogP contribution is 2.28. The molecule has 1 aromatic rings. The van der Waals surface area contributed by atoms with Crippen LogP contribution in [0.5, 0.6) is 0 Å². The molecule has 1 rings (SSSR count). The summed E-state index contributed by atoms with van der Waals surface area (Å²) in [7, 11) is 3.93. The fourth-order valence-corrected chi connectivity index (χ4v) is 2.70. The molecule has 0 spiro atoms. The molecule has 0 aliphatic rings. The minimum absolute atomic E-state index is 0.0617. The minimum Gasteiger partial charge on any atom is -0.376 e. The van der Waals surface area contributed by atoms with Crippen LogP contribution in [0.2, 0.25) is 0 Å². The van der Waals surface area contributed by atoms with Crippen LogP contribution >= 0.6 is 15.9 Å². The Kier molecular flexibility index (Phi) is 7.75. The van der Waals surface area contributed by atoms with Crippen LogP contribution in [0.1, 0.15) is 32.6 Å². The average molecular weight is 356 g/mol. The second-order valence-corrected chi connectivity index (χ2v) is 6.41. The Hall–Kier alpha value is -1.07. The van der Waals surface area contributed by atoms with Crippen molar-refractivity contribution in [2.75, 3.05) is 30.9 Å². The van der Waals surface area contributed by atoms with Crippen LogP contribution in [0, 0.1) is 5.92 Å². The van der Waals surface area contributed by atoms with E-state index in [2.05, 4.69) is 28.2 Å². The molecule has 1 amide bonds. The third kappa shape index (κ3) is 6.06. The summed E-state index contributed by atoms with van der Waals surface area (Å²) in [5.41, 5.74) is 7.43. The number of rotatable bonds is 8. The van der Waals surface area contributed by atoms with Gasteiger partial charge in [0.15, 0.2) is 0 Å². The molecule has 0 fully saturated rings. The van der Waals surface area contributed by atoms with Crippen LogP contribution in [-0.4, -0.2) is 26.5 Å². The summed E-state index contributed by atoms with van der Waals surface area (Å²) < 4.78 is 0.956. The van der Waals surface area contributed by atoms with E-state index in [1.165, 1.54) is 0 Å². The first-order valence-corrected chi connectivity index (χ1v) is 8.24. The zero-order chi connectivity index (χ0) is 15.8. The molecule has 5 heteroatoms. The molecule has 0 aliphatic carbocycles. The van der Waals surface area contributed by atoms with Crippen LogP contribution in [0.15, 0.2) is 22.7 Å². The SMILES string of the molecule is CCC(CCN)CCC(=O)Nc1cc(Br)ccc1N(C)C. The van der Waals surface area contributed by atoms with Crippen molar-refractivity contribution in [1.29, 1.82) is 0 Å². The van der Waals surface area contributed by atoms with E-state index in [0.29, 0.717) is 18.9 Å². The molecule has 3 N–H and O–H groups in total. The van der Waals surface area contributed by atoms with Crippen molar-refractivity contribution in [2.24, 2.45) is 11.7 Å². The topological polar surface area (TPSA) is 58.4 Å². The molecule has 0 radical (unpaired) electrons. The van der Waals surface area contributed by atoms with Gasteiger partial charge in [-0.1, -0.05) is 29.3 Å². The van der Waals surface area contributed by atoms with Crippen molar-refractivity contribution >= 4 is 33.2 Å². The van der Waals surface area contributed by atoms with Gasteiger partial charge in [-0.25, -0.2) is 0 Å². The molecule has 118 valence electrons. The molecule has 1 atom stereocenters. The lowest BCUT2D eigenvalue weighted by Gasteiger charge is -2.19. The van der Waals surface area contributed by atoms with Crippen molar-refractivity contribution in [1.82, 2.24) is 0 Å². The van der Waals surface area contributed by atoms with Gasteiger partial charge >= 0.3 is 0 Å². The van der Waals surface area contributed by atoms with Crippen LogP contribution in [0.4, 0.5) is 11.4 Å². The number of nitrogens with one attached hydrogen (secondary N) is 1. The van der Waals surface area contributed by atoms with Gasteiger partial charge in [0, 0.05) is 25.0 Å². The first-order chi connectivity index (χ1) is 9.97. The Morgan fingerprint density at radius 3 is 2.67 bits per heavy atom. The summed E-state index contributed by atoms with van der Waals surface area (Å²) in [6, 6.07) is 5.90. The first-order valence-electron chi connectivity index (χ1n) is 7.44. The highest BCUT2D eigenvalue weighted by atomic mass is 79.9. The van der Waals surface area contributed by atoms with E-state index in [-0.39, 0.29) is 5.91 Å². The summed E-state index contributed by atoms with van der Waals surface area (Å²) in [6.07, 6.45) is 3.50. The predicted molar refractivity (Wildman–Crippen MR) is 93.8 cm³/mol. The van der Waals surface area contributed by atoms with E-state index in [4.69, 9.17) is 5.73 Å². The van der Waals surface area contributed by atoms with Crippen LogP contribution < -0.4 is 16.0 Å². The van der Waals surface area contributed by atoms with E-state index < -0.39 is 0 Å². The monoisotopic (exact) mass is 355 g/mol. The Labute approximate surface area is 136 Å². The largest absolute Gasteiger partial charge is 0.376 e. The molecule has 0 heterocycles. The number of anilines is 2. The molecular formula is C16H26BrN3O. The lowest BCUT2D eigenvalue weighted by molar-refractivity contribution is -0.116. The molecule has 4 nitrogen and oxygen atoms in total. The molecule has 0 bridgehead atoms. The van der Waals surface area contributed by atoms with E-state index >= 15 is 0 Å².